The van der Waals surface area contributed by atoms with Gasteiger partial charge in [-0.15, -0.1) is 0 Å². The Morgan fingerprint density at radius 1 is 1.19 bits per heavy atom. The van der Waals surface area contributed by atoms with Gasteiger partial charge in [-0.2, -0.15) is 13.2 Å². The minimum Gasteiger partial charge on any atom is -0.316 e. The lowest BCUT2D eigenvalue weighted by Gasteiger charge is -2.38. The van der Waals surface area contributed by atoms with Crippen molar-refractivity contribution in [3.05, 3.63) is 0 Å². The molecular weight excluding hydrogens is 217 g/mol. The second kappa shape index (κ2) is 4.92. The van der Waals surface area contributed by atoms with Crippen LogP contribution in [0.25, 0.3) is 0 Å². The van der Waals surface area contributed by atoms with Crippen LogP contribution in [-0.4, -0.2) is 43.3 Å². The molecule has 1 N–H and O–H groups in total. The molecule has 2 heterocycles. The highest BCUT2D eigenvalue weighted by molar-refractivity contribution is 4.85. The van der Waals surface area contributed by atoms with Gasteiger partial charge in [-0.1, -0.05) is 6.42 Å². The van der Waals surface area contributed by atoms with Gasteiger partial charge in [0.15, 0.2) is 0 Å². The highest BCUT2D eigenvalue weighted by Gasteiger charge is 2.44. The van der Waals surface area contributed by atoms with E-state index in [1.807, 2.05) is 0 Å². The second-order valence-electron chi connectivity index (χ2n) is 4.91. The van der Waals surface area contributed by atoms with Crippen molar-refractivity contribution in [2.75, 3.05) is 26.2 Å². The normalized spacial score (nSPS) is 33.2. The predicted molar refractivity (Wildman–Crippen MR) is 56.2 cm³/mol. The summed E-state index contributed by atoms with van der Waals surface area (Å²) in [5.74, 6) is 0.406. The van der Waals surface area contributed by atoms with Crippen LogP contribution < -0.4 is 5.32 Å². The Hall–Kier alpha value is -0.290. The number of likely N-dealkylation sites (tertiary alicyclic amines) is 1. The highest BCUT2D eigenvalue weighted by atomic mass is 19.4. The number of rotatable bonds is 2. The Balaban J connectivity index is 1.93. The van der Waals surface area contributed by atoms with E-state index in [2.05, 4.69) is 5.32 Å². The van der Waals surface area contributed by atoms with Crippen LogP contribution in [0, 0.1) is 5.92 Å². The number of hydrogen-bond acceptors (Lipinski definition) is 2. The maximum atomic E-state index is 12.8. The average Bonchev–Trinajstić information content (AvgIpc) is 2.70. The quantitative estimate of drug-likeness (QED) is 0.789. The summed E-state index contributed by atoms with van der Waals surface area (Å²) in [5, 5.41) is 3.21. The topological polar surface area (TPSA) is 15.3 Å². The van der Waals surface area contributed by atoms with Crippen molar-refractivity contribution < 1.29 is 13.2 Å². The molecule has 16 heavy (non-hydrogen) atoms. The van der Waals surface area contributed by atoms with E-state index in [9.17, 15) is 13.2 Å². The standard InChI is InChI=1S/C11H19F3N2/c12-11(13,14)10-3-1-2-6-16(10)8-9-4-5-15-7-9/h9-10,15H,1-8H2. The van der Waals surface area contributed by atoms with Gasteiger partial charge in [-0.3, -0.25) is 4.90 Å². The molecule has 0 radical (unpaired) electrons. The first kappa shape index (κ1) is 12.2. The van der Waals surface area contributed by atoms with Gasteiger partial charge in [-0.25, -0.2) is 0 Å². The van der Waals surface area contributed by atoms with Gasteiger partial charge in [0.25, 0.3) is 0 Å². The Morgan fingerprint density at radius 3 is 2.62 bits per heavy atom. The van der Waals surface area contributed by atoms with Crippen LogP contribution in [0.2, 0.25) is 0 Å². The predicted octanol–water partition coefficient (Wildman–Crippen LogP) is 2.01. The maximum Gasteiger partial charge on any atom is 0.404 e. The minimum atomic E-state index is -4.05. The molecule has 2 unspecified atom stereocenters. The van der Waals surface area contributed by atoms with E-state index in [0.29, 0.717) is 25.4 Å². The third-order valence-electron chi connectivity index (χ3n) is 3.65. The molecule has 2 atom stereocenters. The number of nitrogens with one attached hydrogen (secondary N) is 1. The molecule has 2 nitrogen and oxygen atoms in total. The summed E-state index contributed by atoms with van der Waals surface area (Å²) >= 11 is 0. The molecule has 2 saturated heterocycles. The largest absolute Gasteiger partial charge is 0.404 e. The fourth-order valence-electron chi connectivity index (χ4n) is 2.78. The zero-order chi connectivity index (χ0) is 11.6. The monoisotopic (exact) mass is 236 g/mol. The molecule has 0 aromatic rings. The lowest BCUT2D eigenvalue weighted by atomic mass is 9.99. The number of piperidine rings is 1. The summed E-state index contributed by atoms with van der Waals surface area (Å²) in [6.45, 7) is 3.05. The summed E-state index contributed by atoms with van der Waals surface area (Å²) in [6, 6.07) is -1.19. The Bertz CT molecular complexity index is 224. The molecule has 0 spiro atoms. The second-order valence-corrected chi connectivity index (χ2v) is 4.91. The molecule has 2 aliphatic rings. The van der Waals surface area contributed by atoms with Crippen molar-refractivity contribution in [2.45, 2.75) is 37.9 Å². The number of hydrogen-bond donors (Lipinski definition) is 1. The first-order valence-electron chi connectivity index (χ1n) is 6.09. The molecule has 0 aliphatic carbocycles. The summed E-state index contributed by atoms with van der Waals surface area (Å²) in [7, 11) is 0. The molecule has 2 fully saturated rings. The summed E-state index contributed by atoms with van der Waals surface area (Å²) in [4.78, 5) is 1.65. The summed E-state index contributed by atoms with van der Waals surface area (Å²) in [5.41, 5.74) is 0. The molecule has 2 rings (SSSR count). The van der Waals surface area contributed by atoms with Crippen LogP contribution in [0.4, 0.5) is 13.2 Å². The van der Waals surface area contributed by atoms with E-state index in [4.69, 9.17) is 0 Å². The van der Waals surface area contributed by atoms with Crippen molar-refractivity contribution in [1.29, 1.82) is 0 Å². The van der Waals surface area contributed by atoms with Crippen LogP contribution in [0.15, 0.2) is 0 Å². The number of nitrogens with zero attached hydrogens (tertiary/aromatic N) is 1. The van der Waals surface area contributed by atoms with Crippen molar-refractivity contribution in [2.24, 2.45) is 5.92 Å². The molecule has 94 valence electrons. The van der Waals surface area contributed by atoms with Crippen molar-refractivity contribution in [1.82, 2.24) is 10.2 Å². The Kier molecular flexibility index (Phi) is 3.74. The van der Waals surface area contributed by atoms with E-state index in [0.717, 1.165) is 25.9 Å². The number of alkyl halides is 3. The van der Waals surface area contributed by atoms with Crippen LogP contribution in [0.1, 0.15) is 25.7 Å². The van der Waals surface area contributed by atoms with Gasteiger partial charge in [0.05, 0.1) is 0 Å². The van der Waals surface area contributed by atoms with Crippen LogP contribution in [-0.2, 0) is 0 Å². The van der Waals surface area contributed by atoms with Gasteiger partial charge < -0.3 is 5.32 Å². The molecule has 0 bridgehead atoms. The molecule has 0 amide bonds. The Morgan fingerprint density at radius 2 is 2.00 bits per heavy atom. The zero-order valence-corrected chi connectivity index (χ0v) is 9.39. The van der Waals surface area contributed by atoms with Gasteiger partial charge in [0.1, 0.15) is 6.04 Å². The third kappa shape index (κ3) is 2.88. The highest BCUT2D eigenvalue weighted by Crippen LogP contribution is 2.32. The average molecular weight is 236 g/mol. The summed E-state index contributed by atoms with van der Waals surface area (Å²) < 4.78 is 38.4. The minimum absolute atomic E-state index is 0.281. The number of halogens is 3. The smallest absolute Gasteiger partial charge is 0.316 e. The molecule has 0 saturated carbocycles. The maximum absolute atomic E-state index is 12.8. The van der Waals surface area contributed by atoms with Gasteiger partial charge in [0.2, 0.25) is 0 Å². The van der Waals surface area contributed by atoms with Crippen LogP contribution >= 0.6 is 0 Å². The molecule has 0 aromatic heterocycles. The lowest BCUT2D eigenvalue weighted by molar-refractivity contribution is -0.192. The van der Waals surface area contributed by atoms with Crippen molar-refractivity contribution in [3.8, 4) is 0 Å². The zero-order valence-electron chi connectivity index (χ0n) is 9.39. The third-order valence-corrected chi connectivity index (χ3v) is 3.65. The Labute approximate surface area is 94.2 Å². The van der Waals surface area contributed by atoms with Gasteiger partial charge in [0, 0.05) is 6.54 Å². The molecule has 5 heteroatoms. The van der Waals surface area contributed by atoms with E-state index in [-0.39, 0.29) is 6.42 Å². The first-order valence-corrected chi connectivity index (χ1v) is 6.09. The molecule has 0 aromatic carbocycles. The summed E-state index contributed by atoms with van der Waals surface area (Å²) in [6.07, 6.45) is -1.13. The van der Waals surface area contributed by atoms with Crippen LogP contribution in [0.3, 0.4) is 0 Å². The lowest BCUT2D eigenvalue weighted by Crippen LogP contribution is -2.50. The van der Waals surface area contributed by atoms with E-state index in [1.54, 1.807) is 4.90 Å². The first-order chi connectivity index (χ1) is 7.57. The molecule has 2 aliphatic heterocycles. The molecular formula is C11H19F3N2. The van der Waals surface area contributed by atoms with E-state index >= 15 is 0 Å². The van der Waals surface area contributed by atoms with Crippen molar-refractivity contribution in [3.63, 3.8) is 0 Å². The van der Waals surface area contributed by atoms with Gasteiger partial charge >= 0.3 is 6.18 Å². The van der Waals surface area contributed by atoms with Crippen LogP contribution in [0.5, 0.6) is 0 Å². The fourth-order valence-corrected chi connectivity index (χ4v) is 2.78. The SMILES string of the molecule is FC(F)(F)C1CCCCN1CC1CCNC1. The van der Waals surface area contributed by atoms with E-state index < -0.39 is 12.2 Å². The fraction of sp³-hybridized carbons (Fsp3) is 1.00. The van der Waals surface area contributed by atoms with Crippen molar-refractivity contribution >= 4 is 0 Å². The van der Waals surface area contributed by atoms with E-state index in [1.165, 1.54) is 0 Å². The van der Waals surface area contributed by atoms with Gasteiger partial charge in [-0.05, 0) is 44.8 Å².